The van der Waals surface area contributed by atoms with Gasteiger partial charge in [0.05, 0.1) is 18.9 Å². The lowest BCUT2D eigenvalue weighted by Gasteiger charge is -2.24. The van der Waals surface area contributed by atoms with E-state index >= 15 is 0 Å². The molecule has 1 aliphatic carbocycles. The zero-order valence-corrected chi connectivity index (χ0v) is 18.0. The van der Waals surface area contributed by atoms with Crippen molar-refractivity contribution in [3.05, 3.63) is 38.1 Å². The summed E-state index contributed by atoms with van der Waals surface area (Å²) in [6, 6.07) is 4.32. The molecule has 2 aliphatic rings. The first-order valence-corrected chi connectivity index (χ1v) is 10.3. The lowest BCUT2D eigenvalue weighted by molar-refractivity contribution is -0.112. The van der Waals surface area contributed by atoms with Gasteiger partial charge in [0.25, 0.3) is 0 Å². The maximum atomic E-state index is 13.1. The number of anilines is 2. The van der Waals surface area contributed by atoms with E-state index in [0.29, 0.717) is 24.9 Å². The van der Waals surface area contributed by atoms with Gasteiger partial charge in [-0.05, 0) is 84.4 Å². The Morgan fingerprint density at radius 1 is 1.41 bits per heavy atom. The molecule has 2 heterocycles. The van der Waals surface area contributed by atoms with E-state index < -0.39 is 0 Å². The van der Waals surface area contributed by atoms with Gasteiger partial charge in [0.2, 0.25) is 0 Å². The van der Waals surface area contributed by atoms with Gasteiger partial charge in [-0.1, -0.05) is 5.92 Å². The largest absolute Gasteiger partial charge is 0.376 e. The molecule has 4 rings (SSSR count). The van der Waals surface area contributed by atoms with E-state index in [1.807, 2.05) is 11.7 Å². The number of carbonyl (C=O) groups excluding carboxylic acids is 1. The third kappa shape index (κ3) is 3.39. The Hall–Kier alpha value is -1.85. The number of hydrogen-bond acceptors (Lipinski definition) is 3. The Kier molecular flexibility index (Phi) is 4.99. The van der Waals surface area contributed by atoms with Crippen LogP contribution in [0, 0.1) is 22.3 Å². The van der Waals surface area contributed by atoms with Crippen LogP contribution in [0.5, 0.6) is 0 Å². The molecule has 0 saturated heterocycles. The fourth-order valence-corrected chi connectivity index (χ4v) is 4.14. The molecule has 140 valence electrons. The average molecular weight is 475 g/mol. The summed E-state index contributed by atoms with van der Waals surface area (Å²) in [6.45, 7) is 4.93. The molecule has 1 fully saturated rings. The highest BCUT2D eigenvalue weighted by molar-refractivity contribution is 14.1. The Morgan fingerprint density at radius 2 is 2.19 bits per heavy atom. The van der Waals surface area contributed by atoms with Crippen molar-refractivity contribution in [2.24, 2.45) is 7.05 Å². The Labute approximate surface area is 173 Å². The predicted molar refractivity (Wildman–Crippen MR) is 113 cm³/mol. The number of nitrogens with zero attached hydrogens (tertiary/aromatic N) is 3. The van der Waals surface area contributed by atoms with Gasteiger partial charge in [-0.15, -0.1) is 0 Å². The standard InChI is InChI=1S/C21H22IN3O2/c1-4-5-20(26)25(21-16-12-27-9-8-18(16)24(3)23-21)19-10-13(2)17(22)11-15(19)14-6-7-14/h10-11,14H,6-9,12H2,1-3H3. The molecule has 1 saturated carbocycles. The van der Waals surface area contributed by atoms with E-state index in [9.17, 15) is 4.79 Å². The fraction of sp³-hybridized carbons (Fsp3) is 0.429. The minimum absolute atomic E-state index is 0.244. The van der Waals surface area contributed by atoms with Gasteiger partial charge in [0, 0.05) is 28.3 Å². The minimum Gasteiger partial charge on any atom is -0.376 e. The van der Waals surface area contributed by atoms with Gasteiger partial charge in [0.15, 0.2) is 5.82 Å². The normalized spacial score (nSPS) is 15.7. The molecule has 0 atom stereocenters. The highest BCUT2D eigenvalue weighted by atomic mass is 127. The van der Waals surface area contributed by atoms with Crippen LogP contribution in [-0.4, -0.2) is 22.3 Å². The molecule has 2 aromatic rings. The van der Waals surface area contributed by atoms with Gasteiger partial charge in [0.1, 0.15) is 0 Å². The summed E-state index contributed by atoms with van der Waals surface area (Å²) in [4.78, 5) is 14.8. The van der Waals surface area contributed by atoms with Crippen LogP contribution in [0.25, 0.3) is 0 Å². The van der Waals surface area contributed by atoms with E-state index in [1.165, 1.54) is 9.13 Å². The van der Waals surface area contributed by atoms with Crippen molar-refractivity contribution >= 4 is 40.0 Å². The maximum Gasteiger partial charge on any atom is 0.308 e. The number of fused-ring (bicyclic) bond motifs is 1. The van der Waals surface area contributed by atoms with Gasteiger partial charge >= 0.3 is 5.91 Å². The van der Waals surface area contributed by atoms with Crippen molar-refractivity contribution in [3.63, 3.8) is 0 Å². The fourth-order valence-electron chi connectivity index (χ4n) is 3.65. The van der Waals surface area contributed by atoms with Crippen LogP contribution >= 0.6 is 22.6 Å². The highest BCUT2D eigenvalue weighted by Gasteiger charge is 2.34. The summed E-state index contributed by atoms with van der Waals surface area (Å²) < 4.78 is 8.78. The van der Waals surface area contributed by atoms with Crippen molar-refractivity contribution in [1.29, 1.82) is 0 Å². The summed E-state index contributed by atoms with van der Waals surface area (Å²) in [5.41, 5.74) is 5.40. The Balaban J connectivity index is 1.93. The number of halogens is 1. The summed E-state index contributed by atoms with van der Waals surface area (Å²) >= 11 is 2.37. The van der Waals surface area contributed by atoms with Gasteiger partial charge in [-0.25, -0.2) is 0 Å². The molecule has 1 aromatic carbocycles. The van der Waals surface area contributed by atoms with E-state index in [2.05, 4.69) is 53.5 Å². The monoisotopic (exact) mass is 475 g/mol. The van der Waals surface area contributed by atoms with E-state index in [0.717, 1.165) is 41.8 Å². The van der Waals surface area contributed by atoms with Crippen LogP contribution in [0.1, 0.15) is 48.1 Å². The molecule has 0 N–H and O–H groups in total. The molecule has 5 nitrogen and oxygen atoms in total. The van der Waals surface area contributed by atoms with E-state index in [4.69, 9.17) is 9.84 Å². The van der Waals surface area contributed by atoms with Crippen LogP contribution < -0.4 is 4.90 Å². The molecular weight excluding hydrogens is 453 g/mol. The topological polar surface area (TPSA) is 47.4 Å². The molecular formula is C21H22IN3O2. The van der Waals surface area contributed by atoms with Crippen LogP contribution in [0.3, 0.4) is 0 Å². The number of carbonyl (C=O) groups is 1. The van der Waals surface area contributed by atoms with Crippen LogP contribution in [0.2, 0.25) is 0 Å². The summed E-state index contributed by atoms with van der Waals surface area (Å²) in [6.07, 6.45) is 3.13. The SMILES string of the molecule is CC#CC(=O)N(c1cc(C)c(I)cc1C1CC1)c1nn(C)c2c1COCC2. The highest BCUT2D eigenvalue weighted by Crippen LogP contribution is 2.47. The third-order valence-electron chi connectivity index (χ3n) is 5.20. The maximum absolute atomic E-state index is 13.1. The predicted octanol–water partition coefficient (Wildman–Crippen LogP) is 3.97. The summed E-state index contributed by atoms with van der Waals surface area (Å²) in [7, 11) is 1.93. The molecule has 1 aromatic heterocycles. The number of benzene rings is 1. The molecule has 0 radical (unpaired) electrons. The van der Waals surface area contributed by atoms with Crippen molar-refractivity contribution in [2.45, 2.75) is 45.6 Å². The second-order valence-corrected chi connectivity index (χ2v) is 8.29. The minimum atomic E-state index is -0.244. The second kappa shape index (κ2) is 7.28. The first-order chi connectivity index (χ1) is 13.0. The van der Waals surface area contributed by atoms with Gasteiger partial charge in [-0.3, -0.25) is 14.4 Å². The number of amides is 1. The van der Waals surface area contributed by atoms with Crippen molar-refractivity contribution in [2.75, 3.05) is 11.5 Å². The van der Waals surface area contributed by atoms with Gasteiger partial charge < -0.3 is 4.74 Å². The molecule has 1 amide bonds. The number of aromatic nitrogens is 2. The Morgan fingerprint density at radius 3 is 2.89 bits per heavy atom. The first-order valence-electron chi connectivity index (χ1n) is 9.20. The lowest BCUT2D eigenvalue weighted by atomic mass is 10.0. The first kappa shape index (κ1) is 18.5. The second-order valence-electron chi connectivity index (χ2n) is 7.13. The molecule has 0 unspecified atom stereocenters. The van der Waals surface area contributed by atoms with Crippen molar-refractivity contribution < 1.29 is 9.53 Å². The van der Waals surface area contributed by atoms with Crippen LogP contribution in [0.15, 0.2) is 12.1 Å². The zero-order valence-electron chi connectivity index (χ0n) is 15.8. The van der Waals surface area contributed by atoms with Gasteiger partial charge in [-0.2, -0.15) is 5.10 Å². The summed E-state index contributed by atoms with van der Waals surface area (Å²) in [5.74, 6) is 6.40. The average Bonchev–Trinajstić information content (AvgIpc) is 3.44. The third-order valence-corrected chi connectivity index (χ3v) is 6.36. The zero-order chi connectivity index (χ0) is 19.1. The molecule has 0 bridgehead atoms. The molecule has 1 aliphatic heterocycles. The molecule has 6 heteroatoms. The lowest BCUT2D eigenvalue weighted by Crippen LogP contribution is -2.27. The quantitative estimate of drug-likeness (QED) is 0.499. The number of aryl methyl sites for hydroxylation is 2. The molecule has 0 spiro atoms. The van der Waals surface area contributed by atoms with E-state index in [1.54, 1.807) is 11.8 Å². The number of rotatable bonds is 3. The van der Waals surface area contributed by atoms with Crippen LogP contribution in [-0.2, 0) is 29.6 Å². The van der Waals surface area contributed by atoms with E-state index in [-0.39, 0.29) is 5.91 Å². The summed E-state index contributed by atoms with van der Waals surface area (Å²) in [5, 5.41) is 4.72. The Bertz CT molecular complexity index is 980. The molecule has 27 heavy (non-hydrogen) atoms. The van der Waals surface area contributed by atoms with Crippen molar-refractivity contribution in [3.8, 4) is 11.8 Å². The number of hydrogen-bond donors (Lipinski definition) is 0. The van der Waals surface area contributed by atoms with Crippen molar-refractivity contribution in [1.82, 2.24) is 9.78 Å². The number of ether oxygens (including phenoxy) is 1. The smallest absolute Gasteiger partial charge is 0.308 e. The van der Waals surface area contributed by atoms with Crippen LogP contribution in [0.4, 0.5) is 11.5 Å².